The third-order valence-corrected chi connectivity index (χ3v) is 8.82. The van der Waals surface area contributed by atoms with E-state index in [-0.39, 0.29) is 0 Å². The molecule has 0 atom stereocenters. The van der Waals surface area contributed by atoms with Gasteiger partial charge in [-0.05, 0) is 95.3 Å². The van der Waals surface area contributed by atoms with E-state index in [0.29, 0.717) is 0 Å². The second-order valence-corrected chi connectivity index (χ2v) is 11.8. The minimum atomic E-state index is 1.13. The fourth-order valence-electron chi connectivity index (χ4n) is 6.57. The van der Waals surface area contributed by atoms with E-state index in [1.807, 2.05) is 6.92 Å². The van der Waals surface area contributed by atoms with Gasteiger partial charge in [0, 0.05) is 45.6 Å². The number of anilines is 3. The van der Waals surface area contributed by atoms with Gasteiger partial charge in [-0.3, -0.25) is 0 Å². The Morgan fingerprint density at radius 1 is 0.565 bits per heavy atom. The van der Waals surface area contributed by atoms with Crippen LogP contribution in [0.3, 0.4) is 0 Å². The fourth-order valence-corrected chi connectivity index (χ4v) is 6.57. The summed E-state index contributed by atoms with van der Waals surface area (Å²) in [6, 6.07) is 50.6. The van der Waals surface area contributed by atoms with Crippen molar-refractivity contribution in [2.45, 2.75) is 19.8 Å². The molecule has 6 aromatic carbocycles. The van der Waals surface area contributed by atoms with Crippen LogP contribution in [0.2, 0.25) is 0 Å². The number of benzene rings is 6. The van der Waals surface area contributed by atoms with Gasteiger partial charge in [-0.2, -0.15) is 0 Å². The van der Waals surface area contributed by atoms with Crippen molar-refractivity contribution in [1.82, 2.24) is 4.57 Å². The van der Waals surface area contributed by atoms with Crippen LogP contribution in [-0.2, 0) is 7.05 Å². The van der Waals surface area contributed by atoms with Gasteiger partial charge in [0.2, 0.25) is 0 Å². The molecule has 46 heavy (non-hydrogen) atoms. The predicted molar refractivity (Wildman–Crippen MR) is 199 cm³/mol. The van der Waals surface area contributed by atoms with Gasteiger partial charge in [0.15, 0.2) is 0 Å². The van der Waals surface area contributed by atoms with Gasteiger partial charge >= 0.3 is 0 Å². The summed E-state index contributed by atoms with van der Waals surface area (Å²) in [6.07, 6.45) is 8.76. The lowest BCUT2D eigenvalue weighted by atomic mass is 9.99. The van der Waals surface area contributed by atoms with Crippen molar-refractivity contribution < 1.29 is 0 Å². The quantitative estimate of drug-likeness (QED) is 0.180. The molecular formula is C44H38N2. The van der Waals surface area contributed by atoms with Crippen LogP contribution in [0.4, 0.5) is 17.1 Å². The van der Waals surface area contributed by atoms with Crippen LogP contribution < -0.4 is 15.5 Å². The Balaban J connectivity index is 0.00000109. The minimum absolute atomic E-state index is 1.13. The van der Waals surface area contributed by atoms with Gasteiger partial charge in [-0.25, -0.2) is 0 Å². The van der Waals surface area contributed by atoms with Crippen LogP contribution in [-0.4, -0.2) is 4.57 Å². The molecule has 0 spiro atoms. The molecule has 1 heterocycles. The first-order valence-electron chi connectivity index (χ1n) is 16.1. The second-order valence-electron chi connectivity index (χ2n) is 11.8. The first kappa shape index (κ1) is 29.1. The molecule has 1 aromatic heterocycles. The lowest BCUT2D eigenvalue weighted by Gasteiger charge is -2.26. The van der Waals surface area contributed by atoms with E-state index >= 15 is 0 Å². The molecule has 2 nitrogen and oxygen atoms in total. The summed E-state index contributed by atoms with van der Waals surface area (Å²) in [5.41, 5.74) is 9.63. The molecular weight excluding hydrogens is 556 g/mol. The number of nitrogens with zero attached hydrogens (tertiary/aromatic N) is 2. The molecule has 0 N–H and O–H groups in total. The van der Waals surface area contributed by atoms with Crippen LogP contribution in [0.25, 0.3) is 56.1 Å². The van der Waals surface area contributed by atoms with Gasteiger partial charge in [0.05, 0.1) is 0 Å². The Kier molecular flexibility index (Phi) is 8.10. The SMILES string of the molecule is C=CC.Cn1c2c(c3ccc(-c4ccc(-c5ccc(N(c6ccccc6)c6ccc7ccccc7c6)cc5)cc4)cc31)=CCCC=2. The molecule has 0 bridgehead atoms. The smallest absolute Gasteiger partial charge is 0.0494 e. The number of hydrogen-bond donors (Lipinski definition) is 0. The Morgan fingerprint density at radius 2 is 1.11 bits per heavy atom. The zero-order valence-electron chi connectivity index (χ0n) is 26.5. The number of hydrogen-bond acceptors (Lipinski definition) is 1. The van der Waals surface area contributed by atoms with Crippen LogP contribution in [0.1, 0.15) is 19.8 Å². The highest BCUT2D eigenvalue weighted by Crippen LogP contribution is 2.37. The van der Waals surface area contributed by atoms with Gasteiger partial charge < -0.3 is 9.47 Å². The lowest BCUT2D eigenvalue weighted by Crippen LogP contribution is -2.29. The molecule has 7 aromatic rings. The normalized spacial score (nSPS) is 12.0. The van der Waals surface area contributed by atoms with Crippen molar-refractivity contribution in [2.75, 3.05) is 4.90 Å². The summed E-state index contributed by atoms with van der Waals surface area (Å²) in [7, 11) is 2.19. The first-order valence-corrected chi connectivity index (χ1v) is 16.1. The van der Waals surface area contributed by atoms with E-state index in [2.05, 4.69) is 175 Å². The fraction of sp³-hybridized carbons (Fsp3) is 0.0909. The average molecular weight is 595 g/mol. The van der Waals surface area contributed by atoms with Gasteiger partial charge in [0.1, 0.15) is 0 Å². The molecule has 0 unspecified atom stereocenters. The predicted octanol–water partition coefficient (Wildman–Crippen LogP) is 10.7. The summed E-state index contributed by atoms with van der Waals surface area (Å²) in [5, 5.41) is 6.57. The second kappa shape index (κ2) is 12.8. The maximum Gasteiger partial charge on any atom is 0.0494 e. The Hall–Kier alpha value is -5.60. The molecule has 0 saturated carbocycles. The summed E-state index contributed by atoms with van der Waals surface area (Å²) >= 11 is 0. The molecule has 0 fully saturated rings. The number of rotatable bonds is 5. The summed E-state index contributed by atoms with van der Waals surface area (Å²) in [6.45, 7) is 5.25. The highest BCUT2D eigenvalue weighted by molar-refractivity contribution is 5.90. The molecule has 224 valence electrons. The number of para-hydroxylation sites is 1. The van der Waals surface area contributed by atoms with E-state index in [9.17, 15) is 0 Å². The third-order valence-electron chi connectivity index (χ3n) is 8.82. The molecule has 0 amide bonds. The number of aryl methyl sites for hydroxylation is 1. The van der Waals surface area contributed by atoms with Crippen LogP contribution >= 0.6 is 0 Å². The lowest BCUT2D eigenvalue weighted by molar-refractivity contribution is 0.910. The highest BCUT2D eigenvalue weighted by Gasteiger charge is 2.14. The van der Waals surface area contributed by atoms with Crippen molar-refractivity contribution in [3.05, 3.63) is 163 Å². The van der Waals surface area contributed by atoms with E-state index in [4.69, 9.17) is 0 Å². The van der Waals surface area contributed by atoms with Crippen molar-refractivity contribution in [3.63, 3.8) is 0 Å². The average Bonchev–Trinajstić information content (AvgIpc) is 3.40. The van der Waals surface area contributed by atoms with Crippen molar-refractivity contribution in [1.29, 1.82) is 0 Å². The molecule has 0 aliphatic heterocycles. The standard InChI is InChI=1S/C41H32N2.C3H6/c1-42-40-14-8-7-13-38(40)39-26-22-34(28-41(39)42)32-17-15-30(16-18-32)31-19-23-36(24-20-31)43(35-11-3-2-4-12-35)37-25-21-29-9-5-6-10-33(29)27-37;1-3-2/h2-6,9-28H,7-8H2,1H3;3H,1H2,2H3. The topological polar surface area (TPSA) is 8.17 Å². The van der Waals surface area contributed by atoms with Gasteiger partial charge in [0.25, 0.3) is 0 Å². The van der Waals surface area contributed by atoms with E-state index in [0.717, 1.165) is 29.9 Å². The van der Waals surface area contributed by atoms with E-state index in [1.54, 1.807) is 6.08 Å². The van der Waals surface area contributed by atoms with Crippen molar-refractivity contribution >= 4 is 50.9 Å². The molecule has 2 heteroatoms. The van der Waals surface area contributed by atoms with Crippen LogP contribution in [0.15, 0.2) is 152 Å². The van der Waals surface area contributed by atoms with E-state index in [1.165, 1.54) is 54.5 Å². The number of aromatic nitrogens is 1. The van der Waals surface area contributed by atoms with Crippen LogP contribution in [0.5, 0.6) is 0 Å². The molecule has 0 radical (unpaired) electrons. The Morgan fingerprint density at radius 3 is 1.83 bits per heavy atom. The molecule has 1 aliphatic carbocycles. The van der Waals surface area contributed by atoms with E-state index < -0.39 is 0 Å². The minimum Gasteiger partial charge on any atom is -0.344 e. The summed E-state index contributed by atoms with van der Waals surface area (Å²) < 4.78 is 2.34. The monoisotopic (exact) mass is 594 g/mol. The van der Waals surface area contributed by atoms with Gasteiger partial charge in [-0.1, -0.05) is 115 Å². The summed E-state index contributed by atoms with van der Waals surface area (Å²) in [4.78, 5) is 2.33. The zero-order chi connectivity index (χ0) is 31.5. The summed E-state index contributed by atoms with van der Waals surface area (Å²) in [5.74, 6) is 0. The molecule has 8 rings (SSSR count). The number of fused-ring (bicyclic) bond motifs is 4. The third kappa shape index (κ3) is 5.55. The van der Waals surface area contributed by atoms with Crippen molar-refractivity contribution in [2.24, 2.45) is 7.05 Å². The Bertz CT molecular complexity index is 2270. The first-order chi connectivity index (χ1) is 22.6. The van der Waals surface area contributed by atoms with Gasteiger partial charge in [-0.15, -0.1) is 6.58 Å². The Labute approximate surface area is 271 Å². The molecule has 0 saturated heterocycles. The molecule has 1 aliphatic rings. The maximum atomic E-state index is 3.36. The zero-order valence-corrected chi connectivity index (χ0v) is 26.5. The van der Waals surface area contributed by atoms with Crippen LogP contribution in [0, 0.1) is 0 Å². The largest absolute Gasteiger partial charge is 0.344 e. The highest BCUT2D eigenvalue weighted by atomic mass is 15.1. The van der Waals surface area contributed by atoms with Crippen molar-refractivity contribution in [3.8, 4) is 22.3 Å². The number of allylic oxidation sites excluding steroid dienone is 1. The maximum absolute atomic E-state index is 3.36.